The van der Waals surface area contributed by atoms with Crippen LogP contribution in [-0.4, -0.2) is 4.57 Å². The maximum atomic E-state index is 2.44. The molecule has 0 bridgehead atoms. The maximum Gasteiger partial charge on any atom is 0.0541 e. The van der Waals surface area contributed by atoms with Crippen LogP contribution in [0.3, 0.4) is 0 Å². The molecule has 0 N–H and O–H groups in total. The molecule has 0 unspecified atom stereocenters. The van der Waals surface area contributed by atoms with Gasteiger partial charge in [0.2, 0.25) is 0 Å². The fourth-order valence-corrected chi connectivity index (χ4v) is 8.28. The van der Waals surface area contributed by atoms with Gasteiger partial charge in [0.15, 0.2) is 0 Å². The highest BCUT2D eigenvalue weighted by molar-refractivity contribution is 6.14. The third-order valence-corrected chi connectivity index (χ3v) is 10.9. The van der Waals surface area contributed by atoms with E-state index in [0.717, 1.165) is 0 Å². The van der Waals surface area contributed by atoms with Crippen molar-refractivity contribution in [3.63, 3.8) is 0 Å². The molecular formula is C50H31N. The first-order chi connectivity index (χ1) is 25.2. The van der Waals surface area contributed by atoms with Gasteiger partial charge in [0.1, 0.15) is 0 Å². The molecule has 1 heterocycles. The van der Waals surface area contributed by atoms with E-state index in [4.69, 9.17) is 0 Å². The maximum absolute atomic E-state index is 2.44. The van der Waals surface area contributed by atoms with E-state index in [1.54, 1.807) is 0 Å². The molecule has 1 heteroatoms. The number of benzene rings is 9. The van der Waals surface area contributed by atoms with E-state index in [9.17, 15) is 0 Å². The zero-order valence-corrected chi connectivity index (χ0v) is 27.8. The molecule has 1 nitrogen and oxygen atoms in total. The van der Waals surface area contributed by atoms with Crippen LogP contribution in [0.1, 0.15) is 0 Å². The molecule has 236 valence electrons. The number of hydrogen-bond donors (Lipinski definition) is 0. The Morgan fingerprint density at radius 1 is 0.255 bits per heavy atom. The van der Waals surface area contributed by atoms with Crippen LogP contribution < -0.4 is 0 Å². The average Bonchev–Trinajstić information content (AvgIpc) is 3.53. The molecule has 1 aliphatic carbocycles. The number of hydrogen-bond acceptors (Lipinski definition) is 0. The van der Waals surface area contributed by atoms with Crippen molar-refractivity contribution in [2.24, 2.45) is 0 Å². The zero-order chi connectivity index (χ0) is 33.5. The summed E-state index contributed by atoms with van der Waals surface area (Å²) in [5.41, 5.74) is 16.4. The summed E-state index contributed by atoms with van der Waals surface area (Å²) < 4.78 is 2.44. The minimum absolute atomic E-state index is 1.17. The van der Waals surface area contributed by atoms with E-state index >= 15 is 0 Å². The van der Waals surface area contributed by atoms with Crippen molar-refractivity contribution in [3.05, 3.63) is 188 Å². The monoisotopic (exact) mass is 645 g/mol. The smallest absolute Gasteiger partial charge is 0.0541 e. The Kier molecular flexibility index (Phi) is 6.02. The molecule has 51 heavy (non-hydrogen) atoms. The van der Waals surface area contributed by atoms with E-state index in [2.05, 4.69) is 193 Å². The third-order valence-electron chi connectivity index (χ3n) is 10.9. The Morgan fingerprint density at radius 2 is 0.647 bits per heavy atom. The summed E-state index contributed by atoms with van der Waals surface area (Å²) in [6.07, 6.45) is 0. The van der Waals surface area contributed by atoms with Gasteiger partial charge < -0.3 is 4.57 Å². The predicted octanol–water partition coefficient (Wildman–Crippen LogP) is 13.7. The van der Waals surface area contributed by atoms with Crippen LogP contribution in [0.15, 0.2) is 188 Å². The molecule has 1 aromatic heterocycles. The third kappa shape index (κ3) is 4.42. The van der Waals surface area contributed by atoms with E-state index in [0.29, 0.717) is 0 Å². The second-order valence-corrected chi connectivity index (χ2v) is 13.8. The lowest BCUT2D eigenvalue weighted by Crippen LogP contribution is -2.00. The standard InChI is InChI=1S/C50H31N/c1-4-10-32(11-5-1)35-16-17-38-26-43-44-27-39-18-21-42(25-41(39)31-46(44)45(43)30-40(38)24-35)51-49-22-19-36(33-12-6-2-7-13-33)28-47(49)48-29-37(20-23-50(48)51)34-14-8-3-9-15-34/h1-31H. The van der Waals surface area contributed by atoms with Crippen LogP contribution in [0.5, 0.6) is 0 Å². The van der Waals surface area contributed by atoms with E-state index in [-0.39, 0.29) is 0 Å². The molecule has 0 radical (unpaired) electrons. The summed E-state index contributed by atoms with van der Waals surface area (Å²) in [4.78, 5) is 0. The van der Waals surface area contributed by atoms with Crippen LogP contribution in [0.25, 0.3) is 105 Å². The van der Waals surface area contributed by atoms with Gasteiger partial charge in [-0.25, -0.2) is 0 Å². The number of aromatic nitrogens is 1. The quantitative estimate of drug-likeness (QED) is 0.179. The normalized spacial score (nSPS) is 11.9. The van der Waals surface area contributed by atoms with Crippen molar-refractivity contribution in [1.82, 2.24) is 4.57 Å². The molecular weight excluding hydrogens is 615 g/mol. The van der Waals surface area contributed by atoms with Crippen LogP contribution >= 0.6 is 0 Å². The highest BCUT2D eigenvalue weighted by Gasteiger charge is 2.24. The molecule has 11 rings (SSSR count). The summed E-state index contributed by atoms with van der Waals surface area (Å²) in [6, 6.07) is 69.2. The number of fused-ring (bicyclic) bond motifs is 9. The summed E-state index contributed by atoms with van der Waals surface area (Å²) in [7, 11) is 0. The predicted molar refractivity (Wildman–Crippen MR) is 217 cm³/mol. The Balaban J connectivity index is 1.06. The van der Waals surface area contributed by atoms with Gasteiger partial charge in [-0.2, -0.15) is 0 Å². The fraction of sp³-hybridized carbons (Fsp3) is 0. The van der Waals surface area contributed by atoms with Crippen LogP contribution in [0.4, 0.5) is 0 Å². The van der Waals surface area contributed by atoms with Crippen LogP contribution in [-0.2, 0) is 0 Å². The first kappa shape index (κ1) is 28.2. The molecule has 0 atom stereocenters. The van der Waals surface area contributed by atoms with Crippen molar-refractivity contribution in [2.75, 3.05) is 0 Å². The minimum atomic E-state index is 1.17. The van der Waals surface area contributed by atoms with Gasteiger partial charge in [0, 0.05) is 16.5 Å². The molecule has 1 aliphatic rings. The second-order valence-electron chi connectivity index (χ2n) is 13.8. The van der Waals surface area contributed by atoms with E-state index < -0.39 is 0 Å². The Labute approximate surface area is 296 Å². The molecule has 0 saturated heterocycles. The van der Waals surface area contributed by atoms with Gasteiger partial charge in [0.05, 0.1) is 11.0 Å². The first-order valence-corrected chi connectivity index (χ1v) is 17.7. The molecule has 0 saturated carbocycles. The summed E-state index contributed by atoms with van der Waals surface area (Å²) >= 11 is 0. The fourth-order valence-electron chi connectivity index (χ4n) is 8.28. The Morgan fingerprint density at radius 3 is 1.14 bits per heavy atom. The molecule has 0 fully saturated rings. The number of rotatable bonds is 4. The lowest BCUT2D eigenvalue weighted by Gasteiger charge is -2.26. The molecule has 0 spiro atoms. The SMILES string of the molecule is c1ccc(-c2ccc3cc4c(cc3c2)-c2cc3cc(-n5c6ccc(-c7ccccc7)cc6c6cc(-c7ccccc7)ccc65)ccc3cc2-4)cc1. The molecule has 10 aromatic rings. The highest BCUT2D eigenvalue weighted by Crippen LogP contribution is 2.51. The average molecular weight is 646 g/mol. The summed E-state index contributed by atoms with van der Waals surface area (Å²) in [5.74, 6) is 0. The van der Waals surface area contributed by atoms with Crippen molar-refractivity contribution in [2.45, 2.75) is 0 Å². The summed E-state index contributed by atoms with van der Waals surface area (Å²) in [5, 5.41) is 7.61. The van der Waals surface area contributed by atoms with Crippen LogP contribution in [0, 0.1) is 0 Å². The van der Waals surface area contributed by atoms with Gasteiger partial charge in [-0.05, 0) is 144 Å². The lowest BCUT2D eigenvalue weighted by atomic mass is 9.77. The van der Waals surface area contributed by atoms with Crippen molar-refractivity contribution in [3.8, 4) is 61.3 Å². The largest absolute Gasteiger partial charge is 0.309 e. The Bertz CT molecular complexity index is 2890. The molecule has 0 aliphatic heterocycles. The van der Waals surface area contributed by atoms with Gasteiger partial charge in [-0.15, -0.1) is 0 Å². The van der Waals surface area contributed by atoms with E-state index in [1.807, 2.05) is 0 Å². The van der Waals surface area contributed by atoms with Crippen LogP contribution in [0.2, 0.25) is 0 Å². The van der Waals surface area contributed by atoms with Crippen molar-refractivity contribution < 1.29 is 0 Å². The zero-order valence-electron chi connectivity index (χ0n) is 27.8. The highest BCUT2D eigenvalue weighted by atomic mass is 15.0. The van der Waals surface area contributed by atoms with Crippen molar-refractivity contribution >= 4 is 43.4 Å². The summed E-state index contributed by atoms with van der Waals surface area (Å²) in [6.45, 7) is 0. The first-order valence-electron chi connectivity index (χ1n) is 17.7. The molecule has 9 aromatic carbocycles. The Hall–Kier alpha value is -6.70. The van der Waals surface area contributed by atoms with Gasteiger partial charge in [-0.3, -0.25) is 0 Å². The minimum Gasteiger partial charge on any atom is -0.309 e. The lowest BCUT2D eigenvalue weighted by molar-refractivity contribution is 1.19. The van der Waals surface area contributed by atoms with E-state index in [1.165, 1.54) is 105 Å². The second kappa shape index (κ2) is 10.9. The number of nitrogens with zero attached hydrogens (tertiary/aromatic N) is 1. The van der Waals surface area contributed by atoms with Gasteiger partial charge in [0.25, 0.3) is 0 Å². The van der Waals surface area contributed by atoms with Gasteiger partial charge >= 0.3 is 0 Å². The van der Waals surface area contributed by atoms with Gasteiger partial charge in [-0.1, -0.05) is 121 Å². The molecule has 0 amide bonds. The topological polar surface area (TPSA) is 4.93 Å². The van der Waals surface area contributed by atoms with Crippen molar-refractivity contribution in [1.29, 1.82) is 0 Å².